The molecule has 6 heteroatoms. The Kier molecular flexibility index (Phi) is 4.23. The second-order valence-electron chi connectivity index (χ2n) is 8.05. The number of aromatic nitrogens is 4. The van der Waals surface area contributed by atoms with Crippen molar-refractivity contribution < 1.29 is 0 Å². The number of anilines is 1. The van der Waals surface area contributed by atoms with Crippen molar-refractivity contribution >= 4 is 16.7 Å². The van der Waals surface area contributed by atoms with E-state index in [-0.39, 0.29) is 5.41 Å². The topological polar surface area (TPSA) is 70.6 Å². The number of nitriles is 1. The van der Waals surface area contributed by atoms with Crippen LogP contribution in [0, 0.1) is 11.3 Å². The Morgan fingerprint density at radius 1 is 0.964 bits per heavy atom. The maximum atomic E-state index is 9.97. The van der Waals surface area contributed by atoms with Crippen LogP contribution in [0.2, 0.25) is 0 Å². The monoisotopic (exact) mass is 372 g/mol. The van der Waals surface area contributed by atoms with E-state index >= 15 is 0 Å². The highest BCUT2D eigenvalue weighted by Gasteiger charge is 2.34. The van der Waals surface area contributed by atoms with Gasteiger partial charge >= 0.3 is 0 Å². The van der Waals surface area contributed by atoms with Crippen molar-refractivity contribution in [2.24, 2.45) is 0 Å². The van der Waals surface area contributed by atoms with Gasteiger partial charge in [0.05, 0.1) is 35.1 Å². The van der Waals surface area contributed by atoms with Crippen molar-refractivity contribution in [3.05, 3.63) is 42.2 Å². The zero-order valence-electron chi connectivity index (χ0n) is 16.0. The van der Waals surface area contributed by atoms with Crippen molar-refractivity contribution in [3.63, 3.8) is 0 Å². The molecule has 1 aliphatic carbocycles. The Hall–Kier alpha value is -2.94. The predicted molar refractivity (Wildman–Crippen MR) is 108 cm³/mol. The Morgan fingerprint density at radius 3 is 2.57 bits per heavy atom. The summed E-state index contributed by atoms with van der Waals surface area (Å²) in [6.07, 6.45) is 11.4. The summed E-state index contributed by atoms with van der Waals surface area (Å²) in [5, 5.41) is 24.2. The molecule has 0 N–H and O–H groups in total. The van der Waals surface area contributed by atoms with Gasteiger partial charge in [-0.05, 0) is 37.3 Å². The van der Waals surface area contributed by atoms with E-state index in [0.29, 0.717) is 0 Å². The molecule has 0 radical (unpaired) electrons. The molecule has 142 valence electrons. The Balaban J connectivity index is 1.58. The molecule has 1 saturated carbocycles. The minimum atomic E-state index is -0.362. The molecule has 28 heavy (non-hydrogen) atoms. The van der Waals surface area contributed by atoms with Gasteiger partial charge in [-0.2, -0.15) is 15.5 Å². The molecule has 1 aromatic carbocycles. The summed E-state index contributed by atoms with van der Waals surface area (Å²) in [6, 6.07) is 11.1. The van der Waals surface area contributed by atoms with Crippen LogP contribution in [0.5, 0.6) is 0 Å². The van der Waals surface area contributed by atoms with E-state index in [1.165, 1.54) is 19.3 Å². The summed E-state index contributed by atoms with van der Waals surface area (Å²) in [7, 11) is 0. The molecule has 1 aliphatic heterocycles. The molecule has 3 aromatic rings. The molecule has 0 spiro atoms. The molecular weight excluding hydrogens is 348 g/mol. The first-order valence-electron chi connectivity index (χ1n) is 10.3. The normalized spacial score (nSPS) is 19.0. The van der Waals surface area contributed by atoms with Gasteiger partial charge in [0.2, 0.25) is 0 Å². The summed E-state index contributed by atoms with van der Waals surface area (Å²) < 4.78 is 1.93. The molecule has 1 saturated heterocycles. The molecule has 0 bridgehead atoms. The molecule has 2 fully saturated rings. The first-order chi connectivity index (χ1) is 13.8. The van der Waals surface area contributed by atoms with E-state index < -0.39 is 0 Å². The fourth-order valence-electron chi connectivity index (χ4n) is 4.70. The van der Waals surface area contributed by atoms with Gasteiger partial charge in [0, 0.05) is 24.5 Å². The zero-order valence-corrected chi connectivity index (χ0v) is 16.0. The van der Waals surface area contributed by atoms with E-state index in [1.807, 2.05) is 10.9 Å². The van der Waals surface area contributed by atoms with Crippen LogP contribution in [-0.4, -0.2) is 33.1 Å². The van der Waals surface area contributed by atoms with Gasteiger partial charge in [0.15, 0.2) is 5.82 Å². The third kappa shape index (κ3) is 2.82. The SMILES string of the molecule is N#CC1(c2ccc3cnn(-c4cnnc(N5CCCC5)c4)c3c2)CCCCC1. The second kappa shape index (κ2) is 6.90. The van der Waals surface area contributed by atoms with Crippen molar-refractivity contribution in [1.82, 2.24) is 20.0 Å². The van der Waals surface area contributed by atoms with Crippen molar-refractivity contribution in [2.45, 2.75) is 50.4 Å². The summed E-state index contributed by atoms with van der Waals surface area (Å²) in [4.78, 5) is 2.28. The summed E-state index contributed by atoms with van der Waals surface area (Å²) in [5.74, 6) is 0.913. The molecule has 0 atom stereocenters. The van der Waals surface area contributed by atoms with E-state index in [1.54, 1.807) is 6.20 Å². The summed E-state index contributed by atoms with van der Waals surface area (Å²) in [6.45, 7) is 2.07. The number of nitrogens with zero attached hydrogens (tertiary/aromatic N) is 6. The Morgan fingerprint density at radius 2 is 1.79 bits per heavy atom. The van der Waals surface area contributed by atoms with Crippen LogP contribution in [-0.2, 0) is 5.41 Å². The summed E-state index contributed by atoms with van der Waals surface area (Å²) in [5.41, 5.74) is 2.70. The minimum Gasteiger partial charge on any atom is -0.355 e. The number of benzene rings is 1. The zero-order chi connectivity index (χ0) is 19.0. The lowest BCUT2D eigenvalue weighted by Crippen LogP contribution is -2.27. The smallest absolute Gasteiger partial charge is 0.153 e. The second-order valence-corrected chi connectivity index (χ2v) is 8.05. The van der Waals surface area contributed by atoms with Crippen molar-refractivity contribution in [2.75, 3.05) is 18.0 Å². The van der Waals surface area contributed by atoms with Crippen LogP contribution in [0.1, 0.15) is 50.5 Å². The molecule has 5 rings (SSSR count). The summed E-state index contributed by atoms with van der Waals surface area (Å²) >= 11 is 0. The van der Waals surface area contributed by atoms with E-state index in [9.17, 15) is 5.26 Å². The standard InChI is InChI=1S/C22H24N6/c23-16-22(8-2-1-3-9-22)18-7-6-17-14-25-28(20(17)12-18)19-13-21(26-24-15-19)27-10-4-5-11-27/h6-7,12-15H,1-5,8-11H2. The van der Waals surface area contributed by atoms with Crippen molar-refractivity contribution in [1.29, 1.82) is 5.26 Å². The fraction of sp³-hybridized carbons (Fsp3) is 0.455. The average Bonchev–Trinajstić information content (AvgIpc) is 3.44. The highest BCUT2D eigenvalue weighted by Crippen LogP contribution is 2.40. The van der Waals surface area contributed by atoms with E-state index in [4.69, 9.17) is 0 Å². The lowest BCUT2D eigenvalue weighted by atomic mass is 9.70. The van der Waals surface area contributed by atoms with Crippen LogP contribution in [0.3, 0.4) is 0 Å². The number of rotatable bonds is 3. The van der Waals surface area contributed by atoms with Crippen molar-refractivity contribution in [3.8, 4) is 11.8 Å². The fourth-order valence-corrected chi connectivity index (χ4v) is 4.70. The molecule has 2 aromatic heterocycles. The number of hydrogen-bond acceptors (Lipinski definition) is 5. The molecule has 6 nitrogen and oxygen atoms in total. The van der Waals surface area contributed by atoms with Crippen LogP contribution in [0.4, 0.5) is 5.82 Å². The minimum absolute atomic E-state index is 0.362. The van der Waals surface area contributed by atoms with E-state index in [2.05, 4.69) is 50.5 Å². The molecular formula is C22H24N6. The highest BCUT2D eigenvalue weighted by molar-refractivity contribution is 5.81. The quantitative estimate of drug-likeness (QED) is 0.691. The van der Waals surface area contributed by atoms with Crippen LogP contribution in [0.25, 0.3) is 16.6 Å². The lowest BCUT2D eigenvalue weighted by Gasteiger charge is -2.31. The third-order valence-corrected chi connectivity index (χ3v) is 6.35. The van der Waals surface area contributed by atoms with Gasteiger partial charge in [-0.25, -0.2) is 4.68 Å². The first kappa shape index (κ1) is 17.2. The Labute approximate surface area is 164 Å². The number of hydrogen-bond donors (Lipinski definition) is 0. The van der Waals surface area contributed by atoms with Crippen LogP contribution >= 0.6 is 0 Å². The molecule has 2 aliphatic rings. The van der Waals surface area contributed by atoms with Gasteiger partial charge in [-0.15, -0.1) is 5.10 Å². The number of fused-ring (bicyclic) bond motifs is 1. The van der Waals surface area contributed by atoms with Crippen LogP contribution in [0.15, 0.2) is 36.7 Å². The molecule has 3 heterocycles. The van der Waals surface area contributed by atoms with Gasteiger partial charge in [0.25, 0.3) is 0 Å². The van der Waals surface area contributed by atoms with E-state index in [0.717, 1.165) is 66.7 Å². The highest BCUT2D eigenvalue weighted by atomic mass is 15.3. The largest absolute Gasteiger partial charge is 0.355 e. The van der Waals surface area contributed by atoms with Gasteiger partial charge in [0.1, 0.15) is 0 Å². The Bertz CT molecular complexity index is 1030. The van der Waals surface area contributed by atoms with Gasteiger partial charge in [-0.1, -0.05) is 31.4 Å². The van der Waals surface area contributed by atoms with Gasteiger partial charge < -0.3 is 4.90 Å². The third-order valence-electron chi connectivity index (χ3n) is 6.35. The van der Waals surface area contributed by atoms with Gasteiger partial charge in [-0.3, -0.25) is 0 Å². The maximum absolute atomic E-state index is 9.97. The van der Waals surface area contributed by atoms with Crippen LogP contribution < -0.4 is 4.90 Å². The molecule has 0 amide bonds. The average molecular weight is 372 g/mol. The first-order valence-corrected chi connectivity index (χ1v) is 10.3. The lowest BCUT2D eigenvalue weighted by molar-refractivity contribution is 0.366. The predicted octanol–water partition coefficient (Wildman–Crippen LogP) is 4.14. The molecule has 0 unspecified atom stereocenters. The maximum Gasteiger partial charge on any atom is 0.153 e.